The van der Waals surface area contributed by atoms with Crippen molar-refractivity contribution in [1.29, 1.82) is 0 Å². The fraction of sp³-hybridized carbons (Fsp3) is 0.500. The quantitative estimate of drug-likeness (QED) is 0.932. The highest BCUT2D eigenvalue weighted by Gasteiger charge is 2.17. The molecule has 106 valence electrons. The van der Waals surface area contributed by atoms with E-state index in [1.54, 1.807) is 0 Å². The first-order chi connectivity index (χ1) is 9.72. The molecule has 0 aliphatic carbocycles. The van der Waals surface area contributed by atoms with Gasteiger partial charge in [-0.05, 0) is 44.9 Å². The third-order valence-electron chi connectivity index (χ3n) is 3.94. The van der Waals surface area contributed by atoms with Gasteiger partial charge in [0.25, 0.3) is 0 Å². The van der Waals surface area contributed by atoms with E-state index in [4.69, 9.17) is 4.52 Å². The van der Waals surface area contributed by atoms with E-state index < -0.39 is 0 Å². The lowest BCUT2D eigenvalue weighted by Crippen LogP contribution is -2.35. The minimum absolute atomic E-state index is 0.482. The lowest BCUT2D eigenvalue weighted by atomic mass is 10.0. The van der Waals surface area contributed by atoms with Gasteiger partial charge in [0.1, 0.15) is 0 Å². The van der Waals surface area contributed by atoms with Gasteiger partial charge in [-0.2, -0.15) is 4.98 Å². The smallest absolute Gasteiger partial charge is 0.228 e. The van der Waals surface area contributed by atoms with Gasteiger partial charge in [-0.25, -0.2) is 0 Å². The minimum Gasteiger partial charge on any atom is -0.339 e. The molecule has 0 bridgehead atoms. The minimum atomic E-state index is 0.482. The molecule has 1 aliphatic heterocycles. The van der Waals surface area contributed by atoms with E-state index in [2.05, 4.69) is 47.5 Å². The summed E-state index contributed by atoms with van der Waals surface area (Å²) in [4.78, 5) is 4.56. The Balaban J connectivity index is 1.77. The molecular weight excluding hydrogens is 250 g/mol. The highest BCUT2D eigenvalue weighted by atomic mass is 16.5. The fourth-order valence-electron chi connectivity index (χ4n) is 2.73. The monoisotopic (exact) mass is 271 g/mol. The normalized spacial score (nSPS) is 19.2. The Morgan fingerprint density at radius 1 is 1.30 bits per heavy atom. The third kappa shape index (κ3) is 2.90. The maximum Gasteiger partial charge on any atom is 0.228 e. The molecule has 0 spiro atoms. The Kier molecular flexibility index (Phi) is 3.83. The van der Waals surface area contributed by atoms with Crippen LogP contribution in [-0.4, -0.2) is 22.7 Å². The largest absolute Gasteiger partial charge is 0.339 e. The molecule has 1 N–H and O–H groups in total. The Morgan fingerprint density at radius 2 is 2.20 bits per heavy atom. The van der Waals surface area contributed by atoms with E-state index in [9.17, 15) is 0 Å². The van der Waals surface area contributed by atoms with Crippen LogP contribution in [0.5, 0.6) is 0 Å². The highest BCUT2D eigenvalue weighted by Crippen LogP contribution is 2.22. The first kappa shape index (κ1) is 13.3. The predicted octanol–water partition coefficient (Wildman–Crippen LogP) is 3.04. The number of nitrogens with zero attached hydrogens (tertiary/aromatic N) is 2. The van der Waals surface area contributed by atoms with E-state index in [-0.39, 0.29) is 0 Å². The van der Waals surface area contributed by atoms with Gasteiger partial charge in [-0.15, -0.1) is 0 Å². The van der Waals surface area contributed by atoms with Crippen LogP contribution in [0.2, 0.25) is 0 Å². The number of hydrogen-bond acceptors (Lipinski definition) is 4. The summed E-state index contributed by atoms with van der Waals surface area (Å²) in [6.45, 7) is 5.26. The van der Waals surface area contributed by atoms with Crippen molar-refractivity contribution in [3.05, 3.63) is 35.2 Å². The Labute approximate surface area is 119 Å². The van der Waals surface area contributed by atoms with Crippen LogP contribution in [0.15, 0.2) is 22.7 Å². The summed E-state index contributed by atoms with van der Waals surface area (Å²) >= 11 is 0. The van der Waals surface area contributed by atoms with Crippen LogP contribution in [0.25, 0.3) is 11.4 Å². The number of aromatic nitrogens is 2. The van der Waals surface area contributed by atoms with Crippen LogP contribution in [0.1, 0.15) is 36.3 Å². The molecule has 0 saturated carbocycles. The van der Waals surface area contributed by atoms with Crippen molar-refractivity contribution in [2.75, 3.05) is 6.54 Å². The topological polar surface area (TPSA) is 51.0 Å². The van der Waals surface area contributed by atoms with E-state index in [1.807, 2.05) is 0 Å². The van der Waals surface area contributed by atoms with Gasteiger partial charge < -0.3 is 9.84 Å². The molecular formula is C16H21N3O. The number of aryl methyl sites for hydroxylation is 2. The van der Waals surface area contributed by atoms with Gasteiger partial charge in [-0.3, -0.25) is 0 Å². The maximum absolute atomic E-state index is 5.42. The van der Waals surface area contributed by atoms with E-state index >= 15 is 0 Å². The van der Waals surface area contributed by atoms with Gasteiger partial charge in [0.2, 0.25) is 11.7 Å². The van der Waals surface area contributed by atoms with E-state index in [0.29, 0.717) is 11.9 Å². The van der Waals surface area contributed by atoms with Crippen LogP contribution in [0.4, 0.5) is 0 Å². The molecule has 2 aromatic rings. The molecule has 0 amide bonds. The van der Waals surface area contributed by atoms with Gasteiger partial charge in [0.15, 0.2) is 0 Å². The van der Waals surface area contributed by atoms with Crippen LogP contribution < -0.4 is 5.32 Å². The lowest BCUT2D eigenvalue weighted by molar-refractivity contribution is 0.331. The first-order valence-electron chi connectivity index (χ1n) is 7.36. The van der Waals surface area contributed by atoms with Crippen LogP contribution in [0.3, 0.4) is 0 Å². The van der Waals surface area contributed by atoms with Crippen LogP contribution in [-0.2, 0) is 6.42 Å². The SMILES string of the molecule is Cc1ccc(C)c(-c2noc(CC3CCCCN3)n2)c1. The fourth-order valence-corrected chi connectivity index (χ4v) is 2.73. The second-order valence-corrected chi connectivity index (χ2v) is 5.68. The molecule has 2 heterocycles. The average Bonchev–Trinajstić information content (AvgIpc) is 2.91. The standard InChI is InChI=1S/C16H21N3O/c1-11-6-7-12(2)14(9-11)16-18-15(20-19-16)10-13-5-3-4-8-17-13/h6-7,9,13,17H,3-5,8,10H2,1-2H3. The van der Waals surface area contributed by atoms with Crippen LogP contribution >= 0.6 is 0 Å². The summed E-state index contributed by atoms with van der Waals surface area (Å²) in [7, 11) is 0. The predicted molar refractivity (Wildman–Crippen MR) is 78.6 cm³/mol. The zero-order chi connectivity index (χ0) is 13.9. The molecule has 0 radical (unpaired) electrons. The zero-order valence-electron chi connectivity index (χ0n) is 12.1. The van der Waals surface area contributed by atoms with Crippen molar-refractivity contribution < 1.29 is 4.52 Å². The summed E-state index contributed by atoms with van der Waals surface area (Å²) in [5, 5.41) is 7.65. The summed E-state index contributed by atoms with van der Waals surface area (Å²) in [5.74, 6) is 1.44. The first-order valence-corrected chi connectivity index (χ1v) is 7.36. The van der Waals surface area contributed by atoms with Crippen molar-refractivity contribution >= 4 is 0 Å². The molecule has 20 heavy (non-hydrogen) atoms. The molecule has 1 saturated heterocycles. The second kappa shape index (κ2) is 5.75. The van der Waals surface area contributed by atoms with Crippen molar-refractivity contribution in [3.63, 3.8) is 0 Å². The van der Waals surface area contributed by atoms with Gasteiger partial charge >= 0.3 is 0 Å². The van der Waals surface area contributed by atoms with Crippen LogP contribution in [0, 0.1) is 13.8 Å². The van der Waals surface area contributed by atoms with E-state index in [0.717, 1.165) is 24.4 Å². The molecule has 1 aliphatic rings. The number of rotatable bonds is 3. The summed E-state index contributed by atoms with van der Waals surface area (Å²) < 4.78 is 5.42. The molecule has 4 nitrogen and oxygen atoms in total. The van der Waals surface area contributed by atoms with Gasteiger partial charge in [0.05, 0.1) is 0 Å². The van der Waals surface area contributed by atoms with Gasteiger partial charge in [-0.1, -0.05) is 29.3 Å². The molecule has 1 aromatic heterocycles. The van der Waals surface area contributed by atoms with Gasteiger partial charge in [0, 0.05) is 18.0 Å². The molecule has 1 aromatic carbocycles. The summed E-state index contributed by atoms with van der Waals surface area (Å²) in [6.07, 6.45) is 4.59. The lowest BCUT2D eigenvalue weighted by Gasteiger charge is -2.21. The highest BCUT2D eigenvalue weighted by molar-refractivity contribution is 5.60. The molecule has 1 atom stereocenters. The summed E-state index contributed by atoms with van der Waals surface area (Å²) in [5.41, 5.74) is 3.46. The summed E-state index contributed by atoms with van der Waals surface area (Å²) in [6, 6.07) is 6.80. The maximum atomic E-state index is 5.42. The number of hydrogen-bond donors (Lipinski definition) is 1. The van der Waals surface area contributed by atoms with Crippen molar-refractivity contribution in [1.82, 2.24) is 15.5 Å². The zero-order valence-corrected chi connectivity index (χ0v) is 12.1. The number of nitrogens with one attached hydrogen (secondary N) is 1. The Bertz CT molecular complexity index is 585. The number of piperidine rings is 1. The van der Waals surface area contributed by atoms with Crippen molar-refractivity contribution in [3.8, 4) is 11.4 Å². The molecule has 3 rings (SSSR count). The number of benzene rings is 1. The molecule has 1 fully saturated rings. The third-order valence-corrected chi connectivity index (χ3v) is 3.94. The van der Waals surface area contributed by atoms with Crippen molar-refractivity contribution in [2.24, 2.45) is 0 Å². The Hall–Kier alpha value is -1.68. The molecule has 4 heteroatoms. The van der Waals surface area contributed by atoms with E-state index in [1.165, 1.54) is 30.4 Å². The Morgan fingerprint density at radius 3 is 3.00 bits per heavy atom. The second-order valence-electron chi connectivity index (χ2n) is 5.68. The molecule has 1 unspecified atom stereocenters. The average molecular weight is 271 g/mol. The van der Waals surface area contributed by atoms with Crippen molar-refractivity contribution in [2.45, 2.75) is 45.6 Å².